The summed E-state index contributed by atoms with van der Waals surface area (Å²) >= 11 is 0. The van der Waals surface area contributed by atoms with Gasteiger partial charge in [-0.05, 0) is 41.8 Å². The molecule has 3 aromatic carbocycles. The Morgan fingerprint density at radius 3 is 2.11 bits per heavy atom. The van der Waals surface area contributed by atoms with Crippen molar-refractivity contribution in [3.05, 3.63) is 96.1 Å². The van der Waals surface area contributed by atoms with E-state index in [0.717, 1.165) is 6.42 Å². The maximum Gasteiger partial charge on any atom is 0.412 e. The highest BCUT2D eigenvalue weighted by Gasteiger charge is 2.14. The molecule has 144 valence electrons. The Morgan fingerprint density at radius 2 is 1.46 bits per heavy atom. The first-order valence-electron chi connectivity index (χ1n) is 9.21. The van der Waals surface area contributed by atoms with Gasteiger partial charge in [0.05, 0.1) is 0 Å². The number of rotatable bonds is 8. The van der Waals surface area contributed by atoms with Gasteiger partial charge in [-0.2, -0.15) is 0 Å². The molecule has 3 rings (SSSR count). The van der Waals surface area contributed by atoms with Crippen LogP contribution in [0, 0.1) is 0 Å². The fourth-order valence-electron chi connectivity index (χ4n) is 2.69. The normalized spacial score (nSPS) is 11.5. The number of nitrogens with two attached hydrogens (primary N) is 1. The molecule has 1 amide bonds. The molecule has 0 aliphatic carbocycles. The van der Waals surface area contributed by atoms with Crippen molar-refractivity contribution < 1.29 is 14.3 Å². The van der Waals surface area contributed by atoms with Crippen LogP contribution in [0.2, 0.25) is 0 Å². The number of hydrogen-bond acceptors (Lipinski definition) is 4. The Morgan fingerprint density at radius 1 is 0.857 bits per heavy atom. The van der Waals surface area contributed by atoms with Gasteiger partial charge >= 0.3 is 6.09 Å². The monoisotopic (exact) mass is 376 g/mol. The Bertz CT molecular complexity index is 852. The molecule has 0 fully saturated rings. The van der Waals surface area contributed by atoms with Crippen molar-refractivity contribution in [1.82, 2.24) is 0 Å². The molecule has 0 aliphatic heterocycles. The fraction of sp³-hybridized carbons (Fsp3) is 0.174. The number of benzene rings is 3. The van der Waals surface area contributed by atoms with Crippen molar-refractivity contribution in [3.63, 3.8) is 0 Å². The number of anilines is 1. The Hall–Kier alpha value is -3.31. The molecule has 1 atom stereocenters. The lowest BCUT2D eigenvalue weighted by Gasteiger charge is -2.17. The van der Waals surface area contributed by atoms with E-state index >= 15 is 0 Å². The molecule has 28 heavy (non-hydrogen) atoms. The van der Waals surface area contributed by atoms with Crippen molar-refractivity contribution in [1.29, 1.82) is 0 Å². The molecule has 0 unspecified atom stereocenters. The summed E-state index contributed by atoms with van der Waals surface area (Å²) in [6, 6.07) is 27.3. The van der Waals surface area contributed by atoms with Crippen LogP contribution in [0.5, 0.6) is 5.75 Å². The molecule has 0 heterocycles. The largest absolute Gasteiger partial charge is 0.490 e. The predicted molar refractivity (Wildman–Crippen MR) is 111 cm³/mol. The van der Waals surface area contributed by atoms with Gasteiger partial charge in [-0.3, -0.25) is 5.32 Å². The molecule has 5 heteroatoms. The lowest BCUT2D eigenvalue weighted by atomic mass is 10.1. The number of carbonyl (C=O) groups is 1. The van der Waals surface area contributed by atoms with E-state index in [1.54, 1.807) is 0 Å². The highest BCUT2D eigenvalue weighted by atomic mass is 16.6. The Kier molecular flexibility index (Phi) is 7.04. The third-order valence-electron chi connectivity index (χ3n) is 4.17. The number of para-hydroxylation sites is 1. The fourth-order valence-corrected chi connectivity index (χ4v) is 2.69. The SMILES string of the molecule is NC[C@H](COc1ccccc1)OC(=O)Nc1ccc(Cc2ccccc2)cc1. The molecule has 0 aliphatic rings. The van der Waals surface area contributed by atoms with Gasteiger partial charge in [0.25, 0.3) is 0 Å². The predicted octanol–water partition coefficient (Wildman–Crippen LogP) is 4.23. The van der Waals surface area contributed by atoms with E-state index in [9.17, 15) is 4.79 Å². The summed E-state index contributed by atoms with van der Waals surface area (Å²) in [4.78, 5) is 12.1. The molecule has 3 N–H and O–H groups in total. The zero-order valence-corrected chi connectivity index (χ0v) is 15.6. The van der Waals surface area contributed by atoms with Crippen molar-refractivity contribution >= 4 is 11.8 Å². The van der Waals surface area contributed by atoms with E-state index in [0.29, 0.717) is 11.4 Å². The second-order valence-electron chi connectivity index (χ2n) is 6.37. The first-order valence-corrected chi connectivity index (χ1v) is 9.21. The summed E-state index contributed by atoms with van der Waals surface area (Å²) in [5.74, 6) is 0.707. The van der Waals surface area contributed by atoms with Gasteiger partial charge in [-0.1, -0.05) is 60.7 Å². The number of ether oxygens (including phenoxy) is 2. The summed E-state index contributed by atoms with van der Waals surface area (Å²) in [7, 11) is 0. The molecule has 0 saturated carbocycles. The van der Waals surface area contributed by atoms with Gasteiger partial charge in [-0.15, -0.1) is 0 Å². The minimum absolute atomic E-state index is 0.177. The summed E-state index contributed by atoms with van der Waals surface area (Å²) in [5, 5.41) is 2.72. The highest BCUT2D eigenvalue weighted by Crippen LogP contribution is 2.14. The first kappa shape index (κ1) is 19.5. The van der Waals surface area contributed by atoms with E-state index in [4.69, 9.17) is 15.2 Å². The lowest BCUT2D eigenvalue weighted by Crippen LogP contribution is -2.34. The van der Waals surface area contributed by atoms with E-state index in [2.05, 4.69) is 17.4 Å². The zero-order valence-electron chi connectivity index (χ0n) is 15.6. The van der Waals surface area contributed by atoms with Gasteiger partial charge in [0, 0.05) is 12.2 Å². The number of hydrogen-bond donors (Lipinski definition) is 2. The van der Waals surface area contributed by atoms with E-state index in [-0.39, 0.29) is 13.2 Å². The second-order valence-corrected chi connectivity index (χ2v) is 6.37. The van der Waals surface area contributed by atoms with Gasteiger partial charge in [0.15, 0.2) is 0 Å². The minimum atomic E-state index is -0.553. The minimum Gasteiger partial charge on any atom is -0.490 e. The number of nitrogens with one attached hydrogen (secondary N) is 1. The van der Waals surface area contributed by atoms with Gasteiger partial charge in [0.2, 0.25) is 0 Å². The Balaban J connectivity index is 1.48. The maximum atomic E-state index is 12.1. The summed E-state index contributed by atoms with van der Waals surface area (Å²) in [6.07, 6.45) is -0.238. The molecule has 0 bridgehead atoms. The molecule has 0 aromatic heterocycles. The maximum absolute atomic E-state index is 12.1. The molecule has 5 nitrogen and oxygen atoms in total. The van der Waals surface area contributed by atoms with Crippen LogP contribution in [0.3, 0.4) is 0 Å². The van der Waals surface area contributed by atoms with Crippen LogP contribution in [-0.4, -0.2) is 25.3 Å². The quantitative estimate of drug-likeness (QED) is 0.617. The first-order chi connectivity index (χ1) is 13.7. The lowest BCUT2D eigenvalue weighted by molar-refractivity contribution is 0.0796. The third kappa shape index (κ3) is 6.14. The van der Waals surface area contributed by atoms with Gasteiger partial charge in [-0.25, -0.2) is 4.79 Å². The van der Waals surface area contributed by atoms with Crippen LogP contribution in [0.4, 0.5) is 10.5 Å². The standard InChI is InChI=1S/C23H24N2O3/c24-16-22(17-27-21-9-5-2-6-10-21)28-23(26)25-20-13-11-19(12-14-20)15-18-7-3-1-4-8-18/h1-14,22H,15-17,24H2,(H,25,26)/t22-/m1/s1. The molecule has 0 radical (unpaired) electrons. The van der Waals surface area contributed by atoms with E-state index in [1.807, 2.05) is 72.8 Å². The molecular formula is C23H24N2O3. The average molecular weight is 376 g/mol. The molecule has 0 saturated heterocycles. The summed E-state index contributed by atoms with van der Waals surface area (Å²) in [6.45, 7) is 0.375. The van der Waals surface area contributed by atoms with Crippen molar-refractivity contribution in [2.24, 2.45) is 5.73 Å². The topological polar surface area (TPSA) is 73.6 Å². The smallest absolute Gasteiger partial charge is 0.412 e. The van der Waals surface area contributed by atoms with Crippen LogP contribution in [-0.2, 0) is 11.2 Å². The summed E-state index contributed by atoms with van der Waals surface area (Å²) < 4.78 is 10.9. The van der Waals surface area contributed by atoms with E-state index in [1.165, 1.54) is 11.1 Å². The Labute approximate surface area is 165 Å². The van der Waals surface area contributed by atoms with Crippen LogP contribution in [0.15, 0.2) is 84.9 Å². The van der Waals surface area contributed by atoms with Crippen LogP contribution in [0.25, 0.3) is 0 Å². The highest BCUT2D eigenvalue weighted by molar-refractivity contribution is 5.84. The molecular weight excluding hydrogens is 352 g/mol. The molecule has 0 spiro atoms. The van der Waals surface area contributed by atoms with Crippen LogP contribution >= 0.6 is 0 Å². The van der Waals surface area contributed by atoms with Crippen LogP contribution < -0.4 is 15.8 Å². The second kappa shape index (κ2) is 10.1. The van der Waals surface area contributed by atoms with Gasteiger partial charge < -0.3 is 15.2 Å². The average Bonchev–Trinajstić information content (AvgIpc) is 2.74. The van der Waals surface area contributed by atoms with Crippen molar-refractivity contribution in [2.75, 3.05) is 18.5 Å². The third-order valence-corrected chi connectivity index (χ3v) is 4.17. The van der Waals surface area contributed by atoms with Crippen molar-refractivity contribution in [3.8, 4) is 5.75 Å². The zero-order chi connectivity index (χ0) is 19.6. The number of amides is 1. The number of carbonyl (C=O) groups excluding carboxylic acids is 1. The van der Waals surface area contributed by atoms with Gasteiger partial charge in [0.1, 0.15) is 18.5 Å². The molecule has 3 aromatic rings. The van der Waals surface area contributed by atoms with E-state index < -0.39 is 12.2 Å². The van der Waals surface area contributed by atoms with Crippen LogP contribution in [0.1, 0.15) is 11.1 Å². The van der Waals surface area contributed by atoms with Crippen molar-refractivity contribution in [2.45, 2.75) is 12.5 Å². The summed E-state index contributed by atoms with van der Waals surface area (Å²) in [5.41, 5.74) is 8.77.